The van der Waals surface area contributed by atoms with Crippen LogP contribution in [0.5, 0.6) is 0 Å². The van der Waals surface area contributed by atoms with E-state index in [1.54, 1.807) is 0 Å². The zero-order valence-corrected chi connectivity index (χ0v) is 6.76. The van der Waals surface area contributed by atoms with E-state index in [0.29, 0.717) is 0 Å². The van der Waals surface area contributed by atoms with Gasteiger partial charge in [0.25, 0.3) is 0 Å². The van der Waals surface area contributed by atoms with Gasteiger partial charge in [-0.1, -0.05) is 0 Å². The van der Waals surface area contributed by atoms with Crippen molar-refractivity contribution in [1.82, 2.24) is 15.2 Å². The molecule has 4 heteroatoms. The fraction of sp³-hybridized carbons (Fsp3) is 0.833. The summed E-state index contributed by atoms with van der Waals surface area (Å²) in [6.45, 7) is 1.96. The standard InChI is InChI=1S/C6H14N4/c1-9(2)6-8-7-4-5-10(6)3/h7H,4-5H2,1-3H3. The molecule has 0 saturated heterocycles. The van der Waals surface area contributed by atoms with Crippen LogP contribution in [0.2, 0.25) is 0 Å². The Bertz CT molecular complexity index is 141. The molecule has 0 radical (unpaired) electrons. The Kier molecular flexibility index (Phi) is 1.99. The van der Waals surface area contributed by atoms with E-state index in [0.717, 1.165) is 19.0 Å². The van der Waals surface area contributed by atoms with Crippen LogP contribution in [0, 0.1) is 0 Å². The van der Waals surface area contributed by atoms with Gasteiger partial charge >= 0.3 is 0 Å². The zero-order chi connectivity index (χ0) is 7.56. The van der Waals surface area contributed by atoms with Crippen molar-refractivity contribution in [2.45, 2.75) is 0 Å². The molecular formula is C6H14N4. The Morgan fingerprint density at radius 1 is 1.60 bits per heavy atom. The first-order chi connectivity index (χ1) is 4.72. The van der Waals surface area contributed by atoms with Crippen molar-refractivity contribution in [3.8, 4) is 0 Å². The third-order valence-corrected chi connectivity index (χ3v) is 1.48. The maximum atomic E-state index is 4.13. The average Bonchev–Trinajstić information content (AvgIpc) is 1.88. The third-order valence-electron chi connectivity index (χ3n) is 1.48. The van der Waals surface area contributed by atoms with E-state index in [1.165, 1.54) is 0 Å². The molecule has 0 aromatic rings. The van der Waals surface area contributed by atoms with Crippen molar-refractivity contribution in [3.05, 3.63) is 0 Å². The van der Waals surface area contributed by atoms with Crippen LogP contribution in [0.1, 0.15) is 0 Å². The van der Waals surface area contributed by atoms with Gasteiger partial charge < -0.3 is 15.2 Å². The number of hydrogen-bond donors (Lipinski definition) is 1. The van der Waals surface area contributed by atoms with Crippen molar-refractivity contribution >= 4 is 5.96 Å². The number of likely N-dealkylation sites (N-methyl/N-ethyl adjacent to an activating group) is 1. The highest BCUT2D eigenvalue weighted by atomic mass is 15.5. The molecule has 1 N–H and O–H groups in total. The van der Waals surface area contributed by atoms with Crippen LogP contribution >= 0.6 is 0 Å². The molecule has 0 unspecified atom stereocenters. The van der Waals surface area contributed by atoms with Crippen LogP contribution in [0.25, 0.3) is 0 Å². The predicted molar refractivity (Wildman–Crippen MR) is 41.8 cm³/mol. The van der Waals surface area contributed by atoms with Crippen LogP contribution in [-0.4, -0.2) is 50.0 Å². The summed E-state index contributed by atoms with van der Waals surface area (Å²) in [5, 5.41) is 4.13. The van der Waals surface area contributed by atoms with Crippen LogP contribution in [-0.2, 0) is 0 Å². The Hall–Kier alpha value is -0.930. The van der Waals surface area contributed by atoms with Crippen molar-refractivity contribution in [2.75, 3.05) is 34.2 Å². The van der Waals surface area contributed by atoms with Crippen molar-refractivity contribution < 1.29 is 0 Å². The zero-order valence-electron chi connectivity index (χ0n) is 6.76. The molecule has 0 saturated carbocycles. The largest absolute Gasteiger partial charge is 0.347 e. The molecule has 0 bridgehead atoms. The van der Waals surface area contributed by atoms with E-state index < -0.39 is 0 Å². The molecule has 0 fully saturated rings. The van der Waals surface area contributed by atoms with Crippen LogP contribution in [0.15, 0.2) is 5.10 Å². The molecular weight excluding hydrogens is 128 g/mol. The number of nitrogens with one attached hydrogen (secondary N) is 1. The minimum absolute atomic E-state index is 0.938. The first-order valence-corrected chi connectivity index (χ1v) is 3.41. The Labute approximate surface area is 61.5 Å². The first-order valence-electron chi connectivity index (χ1n) is 3.41. The number of rotatable bonds is 0. The predicted octanol–water partition coefficient (Wildman–Crippen LogP) is -0.646. The topological polar surface area (TPSA) is 30.9 Å². The fourth-order valence-corrected chi connectivity index (χ4v) is 0.971. The minimum Gasteiger partial charge on any atom is -0.347 e. The van der Waals surface area contributed by atoms with E-state index in [-0.39, 0.29) is 0 Å². The summed E-state index contributed by atoms with van der Waals surface area (Å²) in [6, 6.07) is 0. The highest BCUT2D eigenvalue weighted by Gasteiger charge is 2.11. The Morgan fingerprint density at radius 2 is 2.30 bits per heavy atom. The van der Waals surface area contributed by atoms with Crippen molar-refractivity contribution in [2.24, 2.45) is 5.10 Å². The second kappa shape index (κ2) is 2.77. The number of hydrogen-bond acceptors (Lipinski definition) is 4. The lowest BCUT2D eigenvalue weighted by atomic mass is 10.5. The Morgan fingerprint density at radius 3 is 2.70 bits per heavy atom. The van der Waals surface area contributed by atoms with Gasteiger partial charge in [-0.05, 0) is 0 Å². The van der Waals surface area contributed by atoms with E-state index >= 15 is 0 Å². The first kappa shape index (κ1) is 7.18. The molecule has 0 aromatic carbocycles. The SMILES string of the molecule is CN(C)C1=NNCCN1C. The van der Waals surface area contributed by atoms with Gasteiger partial charge in [-0.3, -0.25) is 0 Å². The van der Waals surface area contributed by atoms with E-state index in [2.05, 4.69) is 15.4 Å². The van der Waals surface area contributed by atoms with Gasteiger partial charge in [0.2, 0.25) is 5.96 Å². The summed E-state index contributed by atoms with van der Waals surface area (Å²) >= 11 is 0. The second-order valence-electron chi connectivity index (χ2n) is 2.64. The molecule has 0 atom stereocenters. The smallest absolute Gasteiger partial charge is 0.218 e. The molecule has 1 rings (SSSR count). The molecule has 10 heavy (non-hydrogen) atoms. The number of nitrogens with zero attached hydrogens (tertiary/aromatic N) is 3. The van der Waals surface area contributed by atoms with Gasteiger partial charge in [-0.2, -0.15) is 0 Å². The summed E-state index contributed by atoms with van der Waals surface area (Å²) in [4.78, 5) is 4.11. The lowest BCUT2D eigenvalue weighted by Gasteiger charge is -2.29. The molecule has 1 aliphatic rings. The maximum absolute atomic E-state index is 4.13. The third kappa shape index (κ3) is 1.32. The highest BCUT2D eigenvalue weighted by molar-refractivity contribution is 5.79. The van der Waals surface area contributed by atoms with Crippen molar-refractivity contribution in [1.29, 1.82) is 0 Å². The lowest BCUT2D eigenvalue weighted by Crippen LogP contribution is -2.45. The molecule has 0 spiro atoms. The van der Waals surface area contributed by atoms with Gasteiger partial charge in [0, 0.05) is 27.7 Å². The van der Waals surface area contributed by atoms with E-state index in [9.17, 15) is 0 Å². The molecule has 0 aliphatic carbocycles. The summed E-state index contributed by atoms with van der Waals surface area (Å²) in [5.41, 5.74) is 2.95. The van der Waals surface area contributed by atoms with E-state index in [1.807, 2.05) is 26.0 Å². The van der Waals surface area contributed by atoms with Crippen LogP contribution in [0.4, 0.5) is 0 Å². The van der Waals surface area contributed by atoms with Gasteiger partial charge in [0.1, 0.15) is 0 Å². The fourth-order valence-electron chi connectivity index (χ4n) is 0.971. The van der Waals surface area contributed by atoms with E-state index in [4.69, 9.17) is 0 Å². The van der Waals surface area contributed by atoms with Crippen LogP contribution < -0.4 is 5.43 Å². The summed E-state index contributed by atoms with van der Waals surface area (Å²) in [7, 11) is 6.02. The average molecular weight is 142 g/mol. The molecule has 0 amide bonds. The Balaban J connectivity index is 2.61. The molecule has 1 heterocycles. The maximum Gasteiger partial charge on any atom is 0.218 e. The normalized spacial score (nSPS) is 17.9. The summed E-state index contributed by atoms with van der Waals surface area (Å²) in [5.74, 6) is 0.992. The minimum atomic E-state index is 0.938. The van der Waals surface area contributed by atoms with Crippen LogP contribution in [0.3, 0.4) is 0 Å². The molecule has 0 aromatic heterocycles. The lowest BCUT2D eigenvalue weighted by molar-refractivity contribution is 0.384. The number of hydrazone groups is 1. The molecule has 58 valence electrons. The van der Waals surface area contributed by atoms with Gasteiger partial charge in [-0.25, -0.2) is 0 Å². The molecule has 4 nitrogen and oxygen atoms in total. The van der Waals surface area contributed by atoms with Gasteiger partial charge in [-0.15, -0.1) is 5.10 Å². The summed E-state index contributed by atoms with van der Waals surface area (Å²) < 4.78 is 0. The summed E-state index contributed by atoms with van der Waals surface area (Å²) in [6.07, 6.45) is 0. The van der Waals surface area contributed by atoms with Gasteiger partial charge in [0.05, 0.1) is 6.54 Å². The van der Waals surface area contributed by atoms with Gasteiger partial charge in [0.15, 0.2) is 0 Å². The highest BCUT2D eigenvalue weighted by Crippen LogP contribution is 1.93. The monoisotopic (exact) mass is 142 g/mol. The van der Waals surface area contributed by atoms with Crippen molar-refractivity contribution in [3.63, 3.8) is 0 Å². The number of guanidine groups is 1. The quantitative estimate of drug-likeness (QED) is 0.488. The second-order valence-corrected chi connectivity index (χ2v) is 2.64. The molecule has 1 aliphatic heterocycles.